The first kappa shape index (κ1) is 13.4. The molecule has 2 aromatic rings. The Bertz CT molecular complexity index is 557. The van der Waals surface area contributed by atoms with E-state index in [2.05, 4.69) is 15.9 Å². The zero-order valence-corrected chi connectivity index (χ0v) is 12.1. The molecular formula is C14H11BrClFO. The van der Waals surface area contributed by atoms with Crippen LogP contribution in [0, 0.1) is 12.7 Å². The van der Waals surface area contributed by atoms with Gasteiger partial charge in [0.2, 0.25) is 0 Å². The van der Waals surface area contributed by atoms with Crippen LogP contribution in [-0.4, -0.2) is 0 Å². The zero-order valence-electron chi connectivity index (χ0n) is 9.71. The summed E-state index contributed by atoms with van der Waals surface area (Å²) in [5.41, 5.74) is 1.45. The monoisotopic (exact) mass is 328 g/mol. The average molecular weight is 330 g/mol. The molecule has 0 heterocycles. The Balaban J connectivity index is 2.22. The summed E-state index contributed by atoms with van der Waals surface area (Å²) < 4.78 is 20.1. The molecule has 0 saturated heterocycles. The fourth-order valence-corrected chi connectivity index (χ4v) is 2.31. The first-order chi connectivity index (χ1) is 8.59. The summed E-state index contributed by atoms with van der Waals surface area (Å²) >= 11 is 9.23. The number of hydrogen-bond acceptors (Lipinski definition) is 1. The Morgan fingerprint density at radius 2 is 1.94 bits per heavy atom. The molecule has 0 fully saturated rings. The summed E-state index contributed by atoms with van der Waals surface area (Å²) in [7, 11) is 0. The van der Waals surface area contributed by atoms with E-state index < -0.39 is 5.82 Å². The van der Waals surface area contributed by atoms with Gasteiger partial charge >= 0.3 is 0 Å². The van der Waals surface area contributed by atoms with E-state index in [-0.39, 0.29) is 10.8 Å². The van der Waals surface area contributed by atoms with Crippen molar-refractivity contribution in [1.29, 1.82) is 0 Å². The van der Waals surface area contributed by atoms with Crippen LogP contribution >= 0.6 is 27.5 Å². The van der Waals surface area contributed by atoms with Crippen LogP contribution in [0.4, 0.5) is 4.39 Å². The Labute approximate surface area is 119 Å². The van der Waals surface area contributed by atoms with Gasteiger partial charge in [-0.3, -0.25) is 0 Å². The predicted octanol–water partition coefficient (Wildman–Crippen LogP) is 5.13. The van der Waals surface area contributed by atoms with Crippen LogP contribution in [0.25, 0.3) is 0 Å². The Hall–Kier alpha value is -1.06. The minimum absolute atomic E-state index is 0.0984. The molecule has 0 unspecified atom stereocenters. The minimum Gasteiger partial charge on any atom is -0.484 e. The van der Waals surface area contributed by atoms with Crippen molar-refractivity contribution in [1.82, 2.24) is 0 Å². The van der Waals surface area contributed by atoms with Crippen molar-refractivity contribution < 1.29 is 9.13 Å². The summed E-state index contributed by atoms with van der Waals surface area (Å²) in [6.45, 7) is 1.96. The number of benzene rings is 2. The molecule has 18 heavy (non-hydrogen) atoms. The van der Waals surface area contributed by atoms with Gasteiger partial charge in [0.05, 0.1) is 5.02 Å². The SMILES string of the molecule is Cc1c(Br)cc(Cl)c(OCc2ccccc2)c1F. The summed E-state index contributed by atoms with van der Waals surface area (Å²) in [6, 6.07) is 11.2. The van der Waals surface area contributed by atoms with Crippen LogP contribution in [0.15, 0.2) is 40.9 Å². The average Bonchev–Trinajstić information content (AvgIpc) is 2.37. The fourth-order valence-electron chi connectivity index (χ4n) is 1.53. The Morgan fingerprint density at radius 3 is 2.61 bits per heavy atom. The van der Waals surface area contributed by atoms with Gasteiger partial charge in [0.1, 0.15) is 6.61 Å². The molecule has 0 spiro atoms. The summed E-state index contributed by atoms with van der Waals surface area (Å²) in [4.78, 5) is 0. The van der Waals surface area contributed by atoms with E-state index in [4.69, 9.17) is 16.3 Å². The second kappa shape index (κ2) is 5.72. The van der Waals surface area contributed by atoms with Crippen molar-refractivity contribution in [3.05, 3.63) is 62.8 Å². The molecule has 0 bridgehead atoms. The van der Waals surface area contributed by atoms with Gasteiger partial charge in [-0.25, -0.2) is 4.39 Å². The van der Waals surface area contributed by atoms with E-state index in [0.717, 1.165) is 5.56 Å². The van der Waals surface area contributed by atoms with Gasteiger partial charge in [-0.1, -0.05) is 57.9 Å². The Kier molecular flexibility index (Phi) is 4.25. The largest absolute Gasteiger partial charge is 0.484 e. The lowest BCUT2D eigenvalue weighted by Gasteiger charge is -2.11. The second-order valence-electron chi connectivity index (χ2n) is 3.88. The van der Waals surface area contributed by atoms with E-state index in [1.54, 1.807) is 13.0 Å². The molecule has 0 amide bonds. The van der Waals surface area contributed by atoms with E-state index >= 15 is 0 Å². The number of rotatable bonds is 3. The van der Waals surface area contributed by atoms with Crippen molar-refractivity contribution in [3.8, 4) is 5.75 Å². The van der Waals surface area contributed by atoms with Gasteiger partial charge in [0.25, 0.3) is 0 Å². The summed E-state index contributed by atoms with van der Waals surface area (Å²) in [5, 5.41) is 0.265. The van der Waals surface area contributed by atoms with Gasteiger partial charge in [0.15, 0.2) is 11.6 Å². The molecule has 4 heteroatoms. The molecule has 0 aromatic heterocycles. The molecule has 0 aliphatic heterocycles. The molecular weight excluding hydrogens is 319 g/mol. The minimum atomic E-state index is -0.426. The van der Waals surface area contributed by atoms with Crippen molar-refractivity contribution in [3.63, 3.8) is 0 Å². The quantitative estimate of drug-likeness (QED) is 0.758. The standard InChI is InChI=1S/C14H11BrClFO/c1-9-11(15)7-12(16)14(13(9)17)18-8-10-5-3-2-4-6-10/h2-7H,8H2,1H3. The molecule has 94 valence electrons. The lowest BCUT2D eigenvalue weighted by molar-refractivity contribution is 0.289. The molecule has 0 aliphatic rings. The zero-order chi connectivity index (χ0) is 13.1. The first-order valence-electron chi connectivity index (χ1n) is 5.40. The van der Waals surface area contributed by atoms with Crippen LogP contribution in [0.5, 0.6) is 5.75 Å². The van der Waals surface area contributed by atoms with Gasteiger partial charge in [-0.2, -0.15) is 0 Å². The fraction of sp³-hybridized carbons (Fsp3) is 0.143. The summed E-state index contributed by atoms with van der Waals surface area (Å²) in [5.74, 6) is -0.327. The first-order valence-corrected chi connectivity index (χ1v) is 6.57. The Morgan fingerprint density at radius 1 is 1.28 bits per heavy atom. The smallest absolute Gasteiger partial charge is 0.174 e. The number of halogens is 3. The maximum absolute atomic E-state index is 14.0. The van der Waals surface area contributed by atoms with Crippen LogP contribution in [-0.2, 0) is 6.61 Å². The lowest BCUT2D eigenvalue weighted by Crippen LogP contribution is -1.99. The van der Waals surface area contributed by atoms with E-state index in [1.165, 1.54) is 0 Å². The van der Waals surface area contributed by atoms with Crippen LogP contribution < -0.4 is 4.74 Å². The topological polar surface area (TPSA) is 9.23 Å². The second-order valence-corrected chi connectivity index (χ2v) is 5.14. The normalized spacial score (nSPS) is 10.4. The number of ether oxygens (including phenoxy) is 1. The summed E-state index contributed by atoms with van der Waals surface area (Å²) in [6.07, 6.45) is 0. The van der Waals surface area contributed by atoms with Gasteiger partial charge < -0.3 is 4.74 Å². The van der Waals surface area contributed by atoms with Crippen LogP contribution in [0.3, 0.4) is 0 Å². The third kappa shape index (κ3) is 2.85. The van der Waals surface area contributed by atoms with Crippen molar-refractivity contribution in [2.45, 2.75) is 13.5 Å². The maximum atomic E-state index is 14.0. The molecule has 0 saturated carbocycles. The van der Waals surface area contributed by atoms with E-state index in [1.807, 2.05) is 30.3 Å². The third-order valence-corrected chi connectivity index (χ3v) is 3.69. The van der Waals surface area contributed by atoms with Crippen LogP contribution in [0.2, 0.25) is 5.02 Å². The van der Waals surface area contributed by atoms with Crippen LogP contribution in [0.1, 0.15) is 11.1 Å². The molecule has 2 rings (SSSR count). The van der Waals surface area contributed by atoms with E-state index in [9.17, 15) is 4.39 Å². The number of hydrogen-bond donors (Lipinski definition) is 0. The maximum Gasteiger partial charge on any atom is 0.174 e. The molecule has 1 nitrogen and oxygen atoms in total. The molecule has 0 aliphatic carbocycles. The van der Waals surface area contributed by atoms with Gasteiger partial charge in [-0.15, -0.1) is 0 Å². The van der Waals surface area contributed by atoms with Gasteiger partial charge in [-0.05, 0) is 18.6 Å². The highest BCUT2D eigenvalue weighted by molar-refractivity contribution is 9.10. The molecule has 0 atom stereocenters. The van der Waals surface area contributed by atoms with Crippen molar-refractivity contribution >= 4 is 27.5 Å². The van der Waals surface area contributed by atoms with Gasteiger partial charge in [0, 0.05) is 10.0 Å². The molecule has 0 N–H and O–H groups in total. The lowest BCUT2D eigenvalue weighted by atomic mass is 10.2. The van der Waals surface area contributed by atoms with Crippen molar-refractivity contribution in [2.24, 2.45) is 0 Å². The van der Waals surface area contributed by atoms with Crippen molar-refractivity contribution in [2.75, 3.05) is 0 Å². The highest BCUT2D eigenvalue weighted by atomic mass is 79.9. The molecule has 0 radical (unpaired) electrons. The molecule has 2 aromatic carbocycles. The highest BCUT2D eigenvalue weighted by Gasteiger charge is 2.14. The highest BCUT2D eigenvalue weighted by Crippen LogP contribution is 2.35. The third-order valence-electron chi connectivity index (χ3n) is 2.58. The predicted molar refractivity (Wildman–Crippen MR) is 74.6 cm³/mol. The van der Waals surface area contributed by atoms with E-state index in [0.29, 0.717) is 16.6 Å².